The molecule has 0 aliphatic heterocycles. The predicted molar refractivity (Wildman–Crippen MR) is 98.4 cm³/mol. The fourth-order valence-corrected chi connectivity index (χ4v) is 2.36. The van der Waals surface area contributed by atoms with Gasteiger partial charge in [-0.3, -0.25) is 4.79 Å². The summed E-state index contributed by atoms with van der Waals surface area (Å²) in [6, 6.07) is 17.3. The van der Waals surface area contributed by atoms with Gasteiger partial charge in [0.1, 0.15) is 0 Å². The summed E-state index contributed by atoms with van der Waals surface area (Å²) in [6.45, 7) is 5.71. The van der Waals surface area contributed by atoms with Crippen LogP contribution in [-0.4, -0.2) is 24.5 Å². The molecule has 0 heterocycles. The molecule has 0 aromatic heterocycles. The second-order valence-corrected chi connectivity index (χ2v) is 6.50. The zero-order valence-electron chi connectivity index (χ0n) is 15.0. The normalized spacial score (nSPS) is 11.8. The van der Waals surface area contributed by atoms with Gasteiger partial charge in [-0.25, -0.2) is 4.79 Å². The van der Waals surface area contributed by atoms with Crippen molar-refractivity contribution in [3.63, 3.8) is 0 Å². The quantitative estimate of drug-likeness (QED) is 0.784. The molecular weight excluding hydrogens is 314 g/mol. The van der Waals surface area contributed by atoms with Crippen molar-refractivity contribution in [2.75, 3.05) is 6.61 Å². The van der Waals surface area contributed by atoms with E-state index in [1.807, 2.05) is 63.2 Å². The Balaban J connectivity index is 1.99. The van der Waals surface area contributed by atoms with Crippen molar-refractivity contribution < 1.29 is 14.3 Å². The zero-order valence-corrected chi connectivity index (χ0v) is 15.0. The average molecular weight is 339 g/mol. The second-order valence-electron chi connectivity index (χ2n) is 6.50. The first kappa shape index (κ1) is 18.7. The van der Waals surface area contributed by atoms with Crippen LogP contribution in [0.25, 0.3) is 0 Å². The molecule has 2 aromatic carbocycles. The fraction of sp³-hybridized carbons (Fsp3) is 0.333. The molecule has 2 rings (SSSR count). The average Bonchev–Trinajstić information content (AvgIpc) is 2.61. The number of carbonyl (C=O) groups is 2. The van der Waals surface area contributed by atoms with Gasteiger partial charge in [0.05, 0.1) is 5.56 Å². The van der Waals surface area contributed by atoms with Gasteiger partial charge in [-0.05, 0) is 36.5 Å². The molecule has 1 atom stereocenters. The number of rotatable bonds is 7. The highest BCUT2D eigenvalue weighted by atomic mass is 16.5. The molecule has 2 aromatic rings. The van der Waals surface area contributed by atoms with E-state index >= 15 is 0 Å². The Morgan fingerprint density at radius 3 is 2.28 bits per heavy atom. The van der Waals surface area contributed by atoms with Crippen LogP contribution < -0.4 is 5.32 Å². The van der Waals surface area contributed by atoms with Gasteiger partial charge in [-0.15, -0.1) is 0 Å². The van der Waals surface area contributed by atoms with E-state index in [2.05, 4.69) is 5.32 Å². The predicted octanol–water partition coefficient (Wildman–Crippen LogP) is 3.59. The van der Waals surface area contributed by atoms with Crippen molar-refractivity contribution in [1.82, 2.24) is 5.32 Å². The molecule has 0 aliphatic rings. The maximum absolute atomic E-state index is 12.4. The fourth-order valence-electron chi connectivity index (χ4n) is 2.36. The van der Waals surface area contributed by atoms with Gasteiger partial charge >= 0.3 is 5.97 Å². The van der Waals surface area contributed by atoms with E-state index in [1.165, 1.54) is 0 Å². The molecule has 0 saturated carbocycles. The molecule has 0 bridgehead atoms. The Bertz CT molecular complexity index is 710. The van der Waals surface area contributed by atoms with Crippen LogP contribution in [0.2, 0.25) is 0 Å². The minimum atomic E-state index is -0.473. The van der Waals surface area contributed by atoms with Gasteiger partial charge < -0.3 is 10.1 Å². The first-order valence-electron chi connectivity index (χ1n) is 8.55. The third kappa shape index (κ3) is 5.75. The summed E-state index contributed by atoms with van der Waals surface area (Å²) in [5, 5.41) is 2.82. The number of hydrogen-bond acceptors (Lipinski definition) is 3. The third-order valence-electron chi connectivity index (χ3n) is 4.20. The van der Waals surface area contributed by atoms with E-state index in [4.69, 9.17) is 4.74 Å². The Morgan fingerprint density at radius 1 is 0.960 bits per heavy atom. The highest BCUT2D eigenvalue weighted by molar-refractivity contribution is 5.92. The first-order valence-corrected chi connectivity index (χ1v) is 8.55. The van der Waals surface area contributed by atoms with Crippen molar-refractivity contribution in [2.24, 2.45) is 5.92 Å². The molecule has 0 unspecified atom stereocenters. The van der Waals surface area contributed by atoms with Gasteiger partial charge in [-0.2, -0.15) is 0 Å². The van der Waals surface area contributed by atoms with Crippen LogP contribution in [-0.2, 0) is 16.0 Å². The Labute approximate surface area is 149 Å². The van der Waals surface area contributed by atoms with Crippen LogP contribution in [0, 0.1) is 5.92 Å². The van der Waals surface area contributed by atoms with Gasteiger partial charge in [0, 0.05) is 6.04 Å². The summed E-state index contributed by atoms with van der Waals surface area (Å²) >= 11 is 0. The van der Waals surface area contributed by atoms with Gasteiger partial charge in [-0.1, -0.05) is 62.4 Å². The lowest BCUT2D eigenvalue weighted by molar-refractivity contribution is -0.125. The van der Waals surface area contributed by atoms with Crippen LogP contribution >= 0.6 is 0 Å². The Hall–Kier alpha value is -2.62. The number of amides is 1. The number of benzene rings is 2. The topological polar surface area (TPSA) is 55.4 Å². The number of ether oxygens (including phenoxy) is 1. The van der Waals surface area contributed by atoms with E-state index in [-0.39, 0.29) is 18.6 Å². The lowest BCUT2D eigenvalue weighted by Crippen LogP contribution is -2.38. The first-order chi connectivity index (χ1) is 12.0. The van der Waals surface area contributed by atoms with E-state index in [0.717, 1.165) is 11.1 Å². The molecule has 1 amide bonds. The van der Waals surface area contributed by atoms with Gasteiger partial charge in [0.15, 0.2) is 6.61 Å². The van der Waals surface area contributed by atoms with E-state index in [1.54, 1.807) is 12.1 Å². The van der Waals surface area contributed by atoms with Gasteiger partial charge in [0.2, 0.25) is 0 Å². The monoisotopic (exact) mass is 339 g/mol. The van der Waals surface area contributed by atoms with E-state index in [9.17, 15) is 9.59 Å². The molecule has 0 fully saturated rings. The molecule has 25 heavy (non-hydrogen) atoms. The standard InChI is InChI=1S/C21H25NO3/c1-15(2)16(3)22-20(23)14-25-21(24)19-12-8-7-11-18(19)13-17-9-5-4-6-10-17/h4-12,15-16H,13-14H2,1-3H3,(H,22,23)/t16-/m1/s1. The molecule has 1 N–H and O–H groups in total. The summed E-state index contributed by atoms with van der Waals surface area (Å²) in [6.07, 6.45) is 0.642. The van der Waals surface area contributed by atoms with Crippen molar-refractivity contribution in [3.8, 4) is 0 Å². The highest BCUT2D eigenvalue weighted by Crippen LogP contribution is 2.15. The molecule has 0 aliphatic carbocycles. The van der Waals surface area contributed by atoms with Gasteiger partial charge in [0.25, 0.3) is 5.91 Å². The van der Waals surface area contributed by atoms with Crippen LogP contribution in [0.1, 0.15) is 42.3 Å². The summed E-state index contributed by atoms with van der Waals surface area (Å²) in [5.74, 6) is -0.430. The molecule has 0 spiro atoms. The summed E-state index contributed by atoms with van der Waals surface area (Å²) < 4.78 is 5.20. The molecule has 0 radical (unpaired) electrons. The van der Waals surface area contributed by atoms with Crippen LogP contribution in [0.15, 0.2) is 54.6 Å². The van der Waals surface area contributed by atoms with E-state index in [0.29, 0.717) is 17.9 Å². The van der Waals surface area contributed by atoms with E-state index < -0.39 is 5.97 Å². The molecule has 4 nitrogen and oxygen atoms in total. The molecule has 0 saturated heterocycles. The molecule has 4 heteroatoms. The highest BCUT2D eigenvalue weighted by Gasteiger charge is 2.16. The Morgan fingerprint density at radius 2 is 1.60 bits per heavy atom. The van der Waals surface area contributed by atoms with Crippen molar-refractivity contribution in [1.29, 1.82) is 0 Å². The third-order valence-corrected chi connectivity index (χ3v) is 4.20. The van der Waals surface area contributed by atoms with Crippen molar-refractivity contribution in [3.05, 3.63) is 71.3 Å². The van der Waals surface area contributed by atoms with Crippen LogP contribution in [0.5, 0.6) is 0 Å². The van der Waals surface area contributed by atoms with Crippen LogP contribution in [0.3, 0.4) is 0 Å². The minimum Gasteiger partial charge on any atom is -0.452 e. The van der Waals surface area contributed by atoms with Crippen molar-refractivity contribution in [2.45, 2.75) is 33.2 Å². The zero-order chi connectivity index (χ0) is 18.2. The van der Waals surface area contributed by atoms with Crippen molar-refractivity contribution >= 4 is 11.9 Å². The maximum atomic E-state index is 12.4. The molecular formula is C21H25NO3. The summed E-state index contributed by atoms with van der Waals surface area (Å²) in [5.41, 5.74) is 2.50. The number of esters is 1. The lowest BCUT2D eigenvalue weighted by atomic mass is 10.00. The summed E-state index contributed by atoms with van der Waals surface area (Å²) in [7, 11) is 0. The maximum Gasteiger partial charge on any atom is 0.338 e. The second kappa shape index (κ2) is 9.02. The Kier molecular flexibility index (Phi) is 6.75. The number of carbonyl (C=O) groups excluding carboxylic acids is 2. The van der Waals surface area contributed by atoms with Crippen LogP contribution in [0.4, 0.5) is 0 Å². The lowest BCUT2D eigenvalue weighted by Gasteiger charge is -2.17. The summed E-state index contributed by atoms with van der Waals surface area (Å²) in [4.78, 5) is 24.3. The minimum absolute atomic E-state index is 0.0385. The SMILES string of the molecule is CC(C)[C@@H](C)NC(=O)COC(=O)c1ccccc1Cc1ccccc1. The molecule has 132 valence electrons. The number of hydrogen-bond donors (Lipinski definition) is 1. The number of nitrogens with one attached hydrogen (secondary N) is 1. The largest absolute Gasteiger partial charge is 0.452 e. The smallest absolute Gasteiger partial charge is 0.338 e.